The number of nitro groups is 1. The number of nitrogens with one attached hydrogen (secondary N) is 1. The Bertz CT molecular complexity index is 1030. The van der Waals surface area contributed by atoms with E-state index in [9.17, 15) is 14.9 Å². The van der Waals surface area contributed by atoms with Crippen LogP contribution in [0.25, 0.3) is 5.82 Å². The third kappa shape index (κ3) is 3.06. The molecule has 0 spiro atoms. The molecule has 1 aromatic carbocycles. The number of nitrogens with zero attached hydrogens (tertiary/aromatic N) is 5. The zero-order valence-corrected chi connectivity index (χ0v) is 14.9. The predicted molar refractivity (Wildman–Crippen MR) is 98.3 cm³/mol. The number of carbonyl (C=O) groups excluding carboxylic acids is 1. The van der Waals surface area contributed by atoms with Crippen molar-refractivity contribution in [1.29, 1.82) is 0 Å². The predicted octanol–water partition coefficient (Wildman–Crippen LogP) is 3.22. The van der Waals surface area contributed by atoms with Crippen LogP contribution in [0, 0.1) is 10.1 Å². The summed E-state index contributed by atoms with van der Waals surface area (Å²) in [4.78, 5) is 23.3. The Hall–Kier alpha value is -3.20. The lowest BCUT2D eigenvalue weighted by atomic mass is 10.1. The van der Waals surface area contributed by atoms with E-state index in [0.29, 0.717) is 10.6 Å². The van der Waals surface area contributed by atoms with Crippen molar-refractivity contribution in [3.05, 3.63) is 62.9 Å². The zero-order chi connectivity index (χ0) is 19.0. The lowest BCUT2D eigenvalue weighted by Crippen LogP contribution is -2.16. The monoisotopic (exact) mass is 386 g/mol. The van der Waals surface area contributed by atoms with Crippen LogP contribution < -0.4 is 5.32 Å². The van der Waals surface area contributed by atoms with Crippen molar-refractivity contribution in [2.75, 3.05) is 5.32 Å². The normalized spacial score (nSPS) is 13.2. The summed E-state index contributed by atoms with van der Waals surface area (Å²) in [5.74, 6) is -0.295. The highest BCUT2D eigenvalue weighted by Gasteiger charge is 2.28. The molecule has 1 amide bonds. The molecule has 10 heteroatoms. The Morgan fingerprint density at radius 2 is 2.04 bits per heavy atom. The molecular formula is C17H15ClN6O3. The number of benzene rings is 1. The first-order valence-electron chi connectivity index (χ1n) is 8.40. The minimum absolute atomic E-state index is 0.0776. The molecule has 0 saturated heterocycles. The highest BCUT2D eigenvalue weighted by molar-refractivity contribution is 6.33. The standard InChI is InChI=1S/C17H15ClN6O3/c18-14-12-8-4-5-9-22(12)21-16(14)23-15(13(10-19-23)24(26)27)20-17(25)11-6-2-1-3-7-11/h1-3,6-7,10H,4-5,8-9H2,(H,20,25). The van der Waals surface area contributed by atoms with Crippen LogP contribution in [0.2, 0.25) is 5.02 Å². The maximum atomic E-state index is 12.5. The fraction of sp³-hybridized carbons (Fsp3) is 0.235. The number of aromatic nitrogens is 4. The largest absolute Gasteiger partial charge is 0.331 e. The van der Waals surface area contributed by atoms with Gasteiger partial charge in [-0.15, -0.1) is 0 Å². The molecule has 2 aromatic heterocycles. The number of amides is 1. The van der Waals surface area contributed by atoms with Gasteiger partial charge in [0.25, 0.3) is 5.91 Å². The molecule has 4 rings (SSSR count). The Kier molecular flexibility index (Phi) is 4.36. The summed E-state index contributed by atoms with van der Waals surface area (Å²) >= 11 is 6.46. The molecule has 0 aliphatic carbocycles. The van der Waals surface area contributed by atoms with E-state index in [0.717, 1.165) is 37.7 Å². The van der Waals surface area contributed by atoms with Gasteiger partial charge in [-0.3, -0.25) is 19.6 Å². The summed E-state index contributed by atoms with van der Waals surface area (Å²) in [5, 5.41) is 22.9. The average molecular weight is 387 g/mol. The summed E-state index contributed by atoms with van der Waals surface area (Å²) in [5.41, 5.74) is 0.910. The summed E-state index contributed by atoms with van der Waals surface area (Å²) in [6.07, 6.45) is 3.85. The van der Waals surface area contributed by atoms with E-state index >= 15 is 0 Å². The van der Waals surface area contributed by atoms with Crippen LogP contribution in [0.15, 0.2) is 36.5 Å². The van der Waals surface area contributed by atoms with Crippen molar-refractivity contribution < 1.29 is 9.72 Å². The second-order valence-corrected chi connectivity index (χ2v) is 6.51. The van der Waals surface area contributed by atoms with Gasteiger partial charge in [-0.2, -0.15) is 14.9 Å². The van der Waals surface area contributed by atoms with Crippen molar-refractivity contribution >= 4 is 29.0 Å². The topological polar surface area (TPSA) is 108 Å². The van der Waals surface area contributed by atoms with Crippen molar-refractivity contribution in [2.24, 2.45) is 0 Å². The summed E-state index contributed by atoms with van der Waals surface area (Å²) in [6, 6.07) is 8.43. The summed E-state index contributed by atoms with van der Waals surface area (Å²) in [7, 11) is 0. The van der Waals surface area contributed by atoms with Gasteiger partial charge in [0.15, 0.2) is 5.82 Å². The van der Waals surface area contributed by atoms with Gasteiger partial charge in [0.05, 0.1) is 10.6 Å². The summed E-state index contributed by atoms with van der Waals surface area (Å²) in [6.45, 7) is 0.726. The van der Waals surface area contributed by atoms with E-state index in [2.05, 4.69) is 15.5 Å². The Labute approximate surface area is 158 Å². The van der Waals surface area contributed by atoms with Crippen molar-refractivity contribution in [1.82, 2.24) is 19.6 Å². The molecule has 1 N–H and O–H groups in total. The molecule has 0 radical (unpaired) electrons. The van der Waals surface area contributed by atoms with Gasteiger partial charge in [-0.05, 0) is 31.4 Å². The van der Waals surface area contributed by atoms with Crippen molar-refractivity contribution in [3.8, 4) is 5.82 Å². The van der Waals surface area contributed by atoms with Gasteiger partial charge in [0.2, 0.25) is 5.82 Å². The molecule has 3 aromatic rings. The highest BCUT2D eigenvalue weighted by atomic mass is 35.5. The number of hydrogen-bond donors (Lipinski definition) is 1. The third-order valence-corrected chi connectivity index (χ3v) is 4.81. The van der Waals surface area contributed by atoms with Gasteiger partial charge in [-0.1, -0.05) is 29.8 Å². The van der Waals surface area contributed by atoms with Crippen molar-refractivity contribution in [3.63, 3.8) is 0 Å². The molecule has 1 aliphatic heterocycles. The number of halogens is 1. The van der Waals surface area contributed by atoms with Crippen LogP contribution in [0.4, 0.5) is 11.5 Å². The molecule has 27 heavy (non-hydrogen) atoms. The van der Waals surface area contributed by atoms with Crippen molar-refractivity contribution in [2.45, 2.75) is 25.8 Å². The van der Waals surface area contributed by atoms with Gasteiger partial charge in [0.1, 0.15) is 11.2 Å². The number of hydrogen-bond acceptors (Lipinski definition) is 5. The maximum Gasteiger partial charge on any atom is 0.331 e. The molecule has 0 fully saturated rings. The minimum atomic E-state index is -0.603. The molecule has 1 aliphatic rings. The van der Waals surface area contributed by atoms with Gasteiger partial charge in [0, 0.05) is 12.1 Å². The Morgan fingerprint density at radius 1 is 1.26 bits per heavy atom. The van der Waals surface area contributed by atoms with Crippen LogP contribution in [0.5, 0.6) is 0 Å². The maximum absolute atomic E-state index is 12.5. The fourth-order valence-corrected chi connectivity index (χ4v) is 3.40. The number of rotatable bonds is 4. The lowest BCUT2D eigenvalue weighted by Gasteiger charge is -2.12. The van der Waals surface area contributed by atoms with Crippen LogP contribution in [-0.4, -0.2) is 30.4 Å². The van der Waals surface area contributed by atoms with E-state index in [-0.39, 0.29) is 17.3 Å². The molecule has 0 unspecified atom stereocenters. The number of fused-ring (bicyclic) bond motifs is 1. The van der Waals surface area contributed by atoms with E-state index in [1.165, 1.54) is 4.68 Å². The second kappa shape index (κ2) is 6.84. The van der Waals surface area contributed by atoms with Gasteiger partial charge < -0.3 is 5.32 Å². The molecule has 3 heterocycles. The second-order valence-electron chi connectivity index (χ2n) is 6.13. The first-order chi connectivity index (χ1) is 13.1. The van der Waals surface area contributed by atoms with Crippen LogP contribution in [0.3, 0.4) is 0 Å². The number of carbonyl (C=O) groups is 1. The minimum Gasteiger partial charge on any atom is -0.301 e. The molecule has 0 saturated carbocycles. The first kappa shape index (κ1) is 17.2. The molecule has 9 nitrogen and oxygen atoms in total. The van der Waals surface area contributed by atoms with Gasteiger partial charge in [-0.25, -0.2) is 0 Å². The molecule has 0 bridgehead atoms. The highest BCUT2D eigenvalue weighted by Crippen LogP contribution is 2.33. The fourth-order valence-electron chi connectivity index (χ4n) is 3.09. The van der Waals surface area contributed by atoms with Crippen LogP contribution >= 0.6 is 11.6 Å². The molecular weight excluding hydrogens is 372 g/mol. The van der Waals surface area contributed by atoms with Crippen LogP contribution in [-0.2, 0) is 13.0 Å². The SMILES string of the molecule is O=C(Nc1c([N+](=O)[O-])cnn1-c1nn2c(c1Cl)CCCC2)c1ccccc1. The third-order valence-electron chi connectivity index (χ3n) is 4.43. The van der Waals surface area contributed by atoms with E-state index < -0.39 is 10.8 Å². The van der Waals surface area contributed by atoms with E-state index in [1.807, 2.05) is 0 Å². The van der Waals surface area contributed by atoms with Gasteiger partial charge >= 0.3 is 5.69 Å². The average Bonchev–Trinajstić information content (AvgIpc) is 3.24. The number of aryl methyl sites for hydroxylation is 1. The first-order valence-corrected chi connectivity index (χ1v) is 8.78. The lowest BCUT2D eigenvalue weighted by molar-refractivity contribution is -0.384. The molecule has 0 atom stereocenters. The zero-order valence-electron chi connectivity index (χ0n) is 14.1. The molecule has 138 valence electrons. The smallest absolute Gasteiger partial charge is 0.301 e. The van der Waals surface area contributed by atoms with E-state index in [1.54, 1.807) is 35.0 Å². The summed E-state index contributed by atoms with van der Waals surface area (Å²) < 4.78 is 3.00. The van der Waals surface area contributed by atoms with Crippen LogP contribution in [0.1, 0.15) is 28.9 Å². The Balaban J connectivity index is 1.78. The van der Waals surface area contributed by atoms with E-state index in [4.69, 9.17) is 11.6 Å². The number of anilines is 1. The Morgan fingerprint density at radius 3 is 2.74 bits per heavy atom. The quantitative estimate of drug-likeness (QED) is 0.547.